The molecule has 1 aliphatic heterocycles. The van der Waals surface area contributed by atoms with Gasteiger partial charge in [0.1, 0.15) is 6.61 Å². The second-order valence-electron chi connectivity index (χ2n) is 6.78. The lowest BCUT2D eigenvalue weighted by Gasteiger charge is -2.34. The van der Waals surface area contributed by atoms with Crippen LogP contribution in [0.3, 0.4) is 0 Å². The van der Waals surface area contributed by atoms with E-state index in [-0.39, 0.29) is 25.5 Å². The number of hydrogen-bond acceptors (Lipinski definition) is 3. The van der Waals surface area contributed by atoms with Gasteiger partial charge in [-0.25, -0.2) is 13.6 Å². The second kappa shape index (κ2) is 8.82. The Morgan fingerprint density at radius 2 is 1.93 bits per heavy atom. The molecule has 29 heavy (non-hydrogen) atoms. The van der Waals surface area contributed by atoms with Gasteiger partial charge in [-0.3, -0.25) is 4.79 Å². The normalized spacial score (nSPS) is 16.7. The van der Waals surface area contributed by atoms with Crippen molar-refractivity contribution in [2.75, 3.05) is 6.61 Å². The standard InChI is InChI=1S/C23H21F2NO3/c1-3-11-29-23(28)22-15(2)26(14-16-9-10-19(24)20(25)12-16)21(27)13-18(22)17-7-5-4-6-8-17/h3-10,12,18H,1,11,13-14H2,2H3. The van der Waals surface area contributed by atoms with Gasteiger partial charge < -0.3 is 9.64 Å². The van der Waals surface area contributed by atoms with Gasteiger partial charge >= 0.3 is 5.97 Å². The van der Waals surface area contributed by atoms with Crippen LogP contribution in [0.2, 0.25) is 0 Å². The number of rotatable bonds is 6. The van der Waals surface area contributed by atoms with Gasteiger partial charge in [0.05, 0.1) is 12.1 Å². The lowest BCUT2D eigenvalue weighted by Crippen LogP contribution is -2.38. The molecule has 1 atom stereocenters. The van der Waals surface area contributed by atoms with E-state index in [4.69, 9.17) is 4.74 Å². The van der Waals surface area contributed by atoms with Gasteiger partial charge in [-0.1, -0.05) is 49.1 Å². The van der Waals surface area contributed by atoms with Crippen molar-refractivity contribution in [1.82, 2.24) is 4.90 Å². The van der Waals surface area contributed by atoms with E-state index in [9.17, 15) is 18.4 Å². The minimum absolute atomic E-state index is 0.0294. The Morgan fingerprint density at radius 1 is 1.21 bits per heavy atom. The van der Waals surface area contributed by atoms with E-state index in [1.807, 2.05) is 30.3 Å². The molecule has 0 saturated carbocycles. The number of carbonyl (C=O) groups is 2. The van der Waals surface area contributed by atoms with Gasteiger partial charge in [0.15, 0.2) is 11.6 Å². The van der Waals surface area contributed by atoms with Crippen molar-refractivity contribution >= 4 is 11.9 Å². The predicted octanol–water partition coefficient (Wildman–Crippen LogP) is 4.48. The molecule has 0 aromatic heterocycles. The molecule has 150 valence electrons. The maximum Gasteiger partial charge on any atom is 0.336 e. The largest absolute Gasteiger partial charge is 0.458 e. The first-order valence-electron chi connectivity index (χ1n) is 9.20. The summed E-state index contributed by atoms with van der Waals surface area (Å²) in [7, 11) is 0. The van der Waals surface area contributed by atoms with Crippen LogP contribution in [0.1, 0.15) is 30.4 Å². The molecule has 3 rings (SSSR count). The summed E-state index contributed by atoms with van der Waals surface area (Å²) in [5.41, 5.74) is 2.07. The van der Waals surface area contributed by atoms with E-state index in [0.717, 1.165) is 17.7 Å². The van der Waals surface area contributed by atoms with Crippen molar-refractivity contribution in [3.8, 4) is 0 Å². The number of benzene rings is 2. The highest BCUT2D eigenvalue weighted by Gasteiger charge is 2.36. The molecule has 2 aromatic carbocycles. The van der Waals surface area contributed by atoms with Crippen LogP contribution in [-0.2, 0) is 20.9 Å². The quantitative estimate of drug-likeness (QED) is 0.533. The highest BCUT2D eigenvalue weighted by Crippen LogP contribution is 2.37. The van der Waals surface area contributed by atoms with Gasteiger partial charge in [0, 0.05) is 18.0 Å². The van der Waals surface area contributed by atoms with Crippen LogP contribution in [0.5, 0.6) is 0 Å². The number of ether oxygens (including phenoxy) is 1. The average molecular weight is 397 g/mol. The lowest BCUT2D eigenvalue weighted by molar-refractivity contribution is -0.139. The minimum Gasteiger partial charge on any atom is -0.458 e. The summed E-state index contributed by atoms with van der Waals surface area (Å²) in [6, 6.07) is 12.7. The Hall–Kier alpha value is -3.28. The Labute approximate surface area is 168 Å². The van der Waals surface area contributed by atoms with Crippen LogP contribution in [0, 0.1) is 11.6 Å². The molecule has 4 nitrogen and oxygen atoms in total. The fourth-order valence-electron chi connectivity index (χ4n) is 3.47. The zero-order valence-electron chi connectivity index (χ0n) is 16.0. The number of amides is 1. The molecule has 1 unspecified atom stereocenters. The van der Waals surface area contributed by atoms with Gasteiger partial charge in [0.2, 0.25) is 5.91 Å². The third kappa shape index (κ3) is 4.42. The van der Waals surface area contributed by atoms with Crippen LogP contribution >= 0.6 is 0 Å². The van der Waals surface area contributed by atoms with Crippen molar-refractivity contribution in [2.45, 2.75) is 25.8 Å². The predicted molar refractivity (Wildman–Crippen MR) is 105 cm³/mol. The molecule has 0 fully saturated rings. The minimum atomic E-state index is -0.985. The zero-order valence-corrected chi connectivity index (χ0v) is 16.0. The Morgan fingerprint density at radius 3 is 2.59 bits per heavy atom. The summed E-state index contributed by atoms with van der Waals surface area (Å²) in [4.78, 5) is 27.1. The van der Waals surface area contributed by atoms with Crippen LogP contribution < -0.4 is 0 Å². The molecule has 1 heterocycles. The Bertz CT molecular complexity index is 969. The zero-order chi connectivity index (χ0) is 21.0. The topological polar surface area (TPSA) is 46.6 Å². The summed E-state index contributed by atoms with van der Waals surface area (Å²) in [5.74, 6) is -3.12. The SMILES string of the molecule is C=CCOC(=O)C1=C(C)N(Cc2ccc(F)c(F)c2)C(=O)CC1c1ccccc1. The first-order chi connectivity index (χ1) is 13.9. The third-order valence-corrected chi connectivity index (χ3v) is 4.90. The highest BCUT2D eigenvalue weighted by atomic mass is 19.2. The van der Waals surface area contributed by atoms with E-state index >= 15 is 0 Å². The van der Waals surface area contributed by atoms with Gasteiger partial charge in [0.25, 0.3) is 0 Å². The second-order valence-corrected chi connectivity index (χ2v) is 6.78. The molecule has 0 aliphatic carbocycles. The molecule has 0 radical (unpaired) electrons. The molecule has 0 bridgehead atoms. The van der Waals surface area contributed by atoms with E-state index in [2.05, 4.69) is 6.58 Å². The Kier molecular flexibility index (Phi) is 6.22. The number of carbonyl (C=O) groups excluding carboxylic acids is 2. The molecular formula is C23H21F2NO3. The molecule has 1 aliphatic rings. The highest BCUT2D eigenvalue weighted by molar-refractivity contribution is 5.95. The van der Waals surface area contributed by atoms with E-state index < -0.39 is 23.5 Å². The van der Waals surface area contributed by atoms with E-state index in [0.29, 0.717) is 16.8 Å². The molecule has 0 N–H and O–H groups in total. The Balaban J connectivity index is 2.01. The smallest absolute Gasteiger partial charge is 0.336 e. The van der Waals surface area contributed by atoms with E-state index in [1.165, 1.54) is 17.0 Å². The maximum atomic E-state index is 13.6. The number of esters is 1. The summed E-state index contributed by atoms with van der Waals surface area (Å²) >= 11 is 0. The van der Waals surface area contributed by atoms with E-state index in [1.54, 1.807) is 6.92 Å². The first kappa shape index (κ1) is 20.5. The lowest BCUT2D eigenvalue weighted by atomic mass is 9.83. The molecule has 0 saturated heterocycles. The average Bonchev–Trinajstić information content (AvgIpc) is 2.72. The molecule has 0 spiro atoms. The molecule has 6 heteroatoms. The summed E-state index contributed by atoms with van der Waals surface area (Å²) in [6.45, 7) is 5.29. The maximum absolute atomic E-state index is 13.6. The summed E-state index contributed by atoms with van der Waals surface area (Å²) in [5, 5.41) is 0. The number of allylic oxidation sites excluding steroid dienone is 1. The van der Waals surface area contributed by atoms with Crippen molar-refractivity contribution in [3.05, 3.63) is 95.2 Å². The fraction of sp³-hybridized carbons (Fsp3) is 0.217. The first-order valence-corrected chi connectivity index (χ1v) is 9.20. The van der Waals surface area contributed by atoms with Crippen molar-refractivity contribution in [3.63, 3.8) is 0 Å². The van der Waals surface area contributed by atoms with Gasteiger partial charge in [-0.15, -0.1) is 0 Å². The summed E-state index contributed by atoms with van der Waals surface area (Å²) < 4.78 is 32.1. The summed E-state index contributed by atoms with van der Waals surface area (Å²) in [6.07, 6.45) is 1.54. The van der Waals surface area contributed by atoms with Crippen LogP contribution in [0.25, 0.3) is 0 Å². The monoisotopic (exact) mass is 397 g/mol. The molecule has 1 amide bonds. The van der Waals surface area contributed by atoms with Crippen LogP contribution in [-0.4, -0.2) is 23.4 Å². The number of nitrogens with zero attached hydrogens (tertiary/aromatic N) is 1. The third-order valence-electron chi connectivity index (χ3n) is 4.90. The van der Waals surface area contributed by atoms with Gasteiger partial charge in [-0.05, 0) is 30.2 Å². The van der Waals surface area contributed by atoms with Crippen molar-refractivity contribution < 1.29 is 23.1 Å². The molecule has 2 aromatic rings. The van der Waals surface area contributed by atoms with Crippen molar-refractivity contribution in [2.24, 2.45) is 0 Å². The molecular weight excluding hydrogens is 376 g/mol. The van der Waals surface area contributed by atoms with Crippen molar-refractivity contribution in [1.29, 1.82) is 0 Å². The van der Waals surface area contributed by atoms with Crippen LogP contribution in [0.15, 0.2) is 72.5 Å². The number of halogens is 2. The van der Waals surface area contributed by atoms with Crippen LogP contribution in [0.4, 0.5) is 8.78 Å². The fourth-order valence-corrected chi connectivity index (χ4v) is 3.47. The van der Waals surface area contributed by atoms with Gasteiger partial charge in [-0.2, -0.15) is 0 Å². The number of hydrogen-bond donors (Lipinski definition) is 0.